The van der Waals surface area contributed by atoms with Gasteiger partial charge >= 0.3 is 0 Å². The molecule has 7 heteroatoms. The lowest BCUT2D eigenvalue weighted by Crippen LogP contribution is -2.35. The van der Waals surface area contributed by atoms with Crippen LogP contribution in [0.3, 0.4) is 0 Å². The molecule has 4 heterocycles. The monoisotopic (exact) mass is 346 g/mol. The van der Waals surface area contributed by atoms with E-state index in [1.54, 1.807) is 15.8 Å². The molecular formula is C19H18N6O. The number of amides is 1. The van der Waals surface area contributed by atoms with Crippen molar-refractivity contribution in [2.24, 2.45) is 18.4 Å². The Morgan fingerprint density at radius 3 is 2.73 bits per heavy atom. The molecule has 1 amide bonds. The van der Waals surface area contributed by atoms with E-state index in [-0.39, 0.29) is 11.8 Å². The Hall–Kier alpha value is -3.14. The Balaban J connectivity index is 1.57. The van der Waals surface area contributed by atoms with Gasteiger partial charge in [0.15, 0.2) is 0 Å². The average Bonchev–Trinajstić information content (AvgIpc) is 3.14. The number of fused-ring (bicyclic) bond motifs is 1. The molecule has 0 unspecified atom stereocenters. The van der Waals surface area contributed by atoms with Gasteiger partial charge in [0.05, 0.1) is 12.3 Å². The van der Waals surface area contributed by atoms with Crippen molar-refractivity contribution in [1.29, 1.82) is 5.26 Å². The maximum atomic E-state index is 13.1. The van der Waals surface area contributed by atoms with E-state index in [4.69, 9.17) is 0 Å². The zero-order valence-corrected chi connectivity index (χ0v) is 14.5. The van der Waals surface area contributed by atoms with E-state index in [1.165, 1.54) is 0 Å². The molecule has 1 saturated carbocycles. The molecule has 2 fully saturated rings. The summed E-state index contributed by atoms with van der Waals surface area (Å²) in [6.45, 7) is 0.576. The van der Waals surface area contributed by atoms with Crippen LogP contribution in [0.1, 0.15) is 19.3 Å². The number of nitriles is 1. The maximum Gasteiger partial charge on any atom is 0.248 e. The molecule has 1 saturated heterocycles. The first-order valence-electron chi connectivity index (χ1n) is 8.82. The van der Waals surface area contributed by atoms with Gasteiger partial charge in [0.2, 0.25) is 5.91 Å². The van der Waals surface area contributed by atoms with Crippen molar-refractivity contribution in [3.63, 3.8) is 0 Å². The van der Waals surface area contributed by atoms with E-state index in [0.29, 0.717) is 13.0 Å². The zero-order valence-electron chi connectivity index (χ0n) is 14.5. The third-order valence-corrected chi connectivity index (χ3v) is 5.62. The second-order valence-corrected chi connectivity index (χ2v) is 7.23. The molecular weight excluding hydrogens is 328 g/mol. The van der Waals surface area contributed by atoms with Crippen LogP contribution in [0, 0.1) is 22.7 Å². The third kappa shape index (κ3) is 2.02. The van der Waals surface area contributed by atoms with Crippen LogP contribution in [0.4, 0.5) is 5.82 Å². The third-order valence-electron chi connectivity index (χ3n) is 5.62. The first kappa shape index (κ1) is 15.1. The molecule has 7 nitrogen and oxygen atoms in total. The number of anilines is 1. The molecule has 130 valence electrons. The van der Waals surface area contributed by atoms with Gasteiger partial charge in [-0.15, -0.1) is 0 Å². The fourth-order valence-corrected chi connectivity index (χ4v) is 4.02. The van der Waals surface area contributed by atoms with E-state index in [2.05, 4.69) is 16.2 Å². The number of carbonyl (C=O) groups is 1. The van der Waals surface area contributed by atoms with Crippen molar-refractivity contribution in [2.75, 3.05) is 11.4 Å². The number of hydrogen-bond acceptors (Lipinski definition) is 4. The topological polar surface area (TPSA) is 79.2 Å². The standard InChI is InChI=1S/C19H18N6O/c1-23-10-14(9-22-23)13-8-21-16-4-5-17(25(16)11-13)24-7-6-19(12-20,18(24)26)15-2-3-15/h4-5,8-11,15H,2-3,6-7H2,1H3/t19-/m1/s1. The van der Waals surface area contributed by atoms with E-state index in [1.807, 2.05) is 42.2 Å². The summed E-state index contributed by atoms with van der Waals surface area (Å²) >= 11 is 0. The smallest absolute Gasteiger partial charge is 0.248 e. The summed E-state index contributed by atoms with van der Waals surface area (Å²) in [5, 5.41) is 13.9. The second-order valence-electron chi connectivity index (χ2n) is 7.23. The quantitative estimate of drug-likeness (QED) is 0.729. The van der Waals surface area contributed by atoms with E-state index < -0.39 is 5.41 Å². The van der Waals surface area contributed by atoms with Gasteiger partial charge in [0, 0.05) is 43.3 Å². The molecule has 3 aromatic heterocycles. The molecule has 1 atom stereocenters. The van der Waals surface area contributed by atoms with Crippen molar-refractivity contribution in [3.05, 3.63) is 36.9 Å². The van der Waals surface area contributed by atoms with Crippen LogP contribution < -0.4 is 4.90 Å². The molecule has 5 rings (SSSR count). The average molecular weight is 346 g/mol. The molecule has 1 aliphatic heterocycles. The second kappa shape index (κ2) is 5.18. The zero-order chi connectivity index (χ0) is 17.9. The van der Waals surface area contributed by atoms with Gasteiger partial charge in [-0.25, -0.2) is 4.98 Å². The minimum atomic E-state index is -0.835. The Kier molecular flexibility index (Phi) is 3.02. The van der Waals surface area contributed by atoms with Crippen LogP contribution in [0.5, 0.6) is 0 Å². The van der Waals surface area contributed by atoms with Gasteiger partial charge in [0.25, 0.3) is 0 Å². The van der Waals surface area contributed by atoms with Gasteiger partial charge in [0.1, 0.15) is 16.9 Å². The molecule has 1 aliphatic carbocycles. The summed E-state index contributed by atoms with van der Waals surface area (Å²) < 4.78 is 3.68. The predicted octanol–water partition coefficient (Wildman–Crippen LogP) is 2.39. The lowest BCUT2D eigenvalue weighted by atomic mass is 9.83. The number of carbonyl (C=O) groups excluding carboxylic acids is 1. The molecule has 0 bridgehead atoms. The van der Waals surface area contributed by atoms with Crippen molar-refractivity contribution in [3.8, 4) is 17.2 Å². The summed E-state index contributed by atoms with van der Waals surface area (Å²) in [5.41, 5.74) is 1.85. The highest BCUT2D eigenvalue weighted by Gasteiger charge is 2.57. The highest BCUT2D eigenvalue weighted by molar-refractivity contribution is 6.02. The summed E-state index contributed by atoms with van der Waals surface area (Å²) in [6.07, 6.45) is 10.1. The Morgan fingerprint density at radius 2 is 2.04 bits per heavy atom. The number of aromatic nitrogens is 4. The van der Waals surface area contributed by atoms with E-state index in [9.17, 15) is 10.1 Å². The van der Waals surface area contributed by atoms with Crippen LogP contribution in [-0.4, -0.2) is 31.6 Å². The summed E-state index contributed by atoms with van der Waals surface area (Å²) in [5.74, 6) is 0.940. The fourth-order valence-electron chi connectivity index (χ4n) is 4.02. The summed E-state index contributed by atoms with van der Waals surface area (Å²) in [4.78, 5) is 19.4. The highest BCUT2D eigenvalue weighted by Crippen LogP contribution is 2.51. The van der Waals surface area contributed by atoms with Gasteiger partial charge in [-0.1, -0.05) is 0 Å². The first-order valence-corrected chi connectivity index (χ1v) is 8.82. The van der Waals surface area contributed by atoms with Crippen LogP contribution in [-0.2, 0) is 11.8 Å². The van der Waals surface area contributed by atoms with E-state index >= 15 is 0 Å². The minimum Gasteiger partial charge on any atom is -0.296 e. The van der Waals surface area contributed by atoms with Gasteiger partial charge < -0.3 is 0 Å². The van der Waals surface area contributed by atoms with E-state index in [0.717, 1.165) is 35.4 Å². The largest absolute Gasteiger partial charge is 0.296 e. The Bertz CT molecular complexity index is 1070. The Labute approximate surface area is 150 Å². The molecule has 0 spiro atoms. The highest BCUT2D eigenvalue weighted by atomic mass is 16.2. The maximum absolute atomic E-state index is 13.1. The molecule has 3 aromatic rings. The van der Waals surface area contributed by atoms with Gasteiger partial charge in [-0.3, -0.25) is 18.8 Å². The van der Waals surface area contributed by atoms with Crippen molar-refractivity contribution >= 4 is 17.4 Å². The number of aryl methyl sites for hydroxylation is 1. The lowest BCUT2D eigenvalue weighted by molar-refractivity contribution is -0.123. The van der Waals surface area contributed by atoms with Crippen LogP contribution in [0.15, 0.2) is 36.9 Å². The molecule has 0 aromatic carbocycles. The van der Waals surface area contributed by atoms with Crippen molar-refractivity contribution in [2.45, 2.75) is 19.3 Å². The molecule has 0 N–H and O–H groups in total. The van der Waals surface area contributed by atoms with Crippen molar-refractivity contribution in [1.82, 2.24) is 19.2 Å². The molecule has 26 heavy (non-hydrogen) atoms. The van der Waals surface area contributed by atoms with Crippen LogP contribution in [0.25, 0.3) is 16.8 Å². The normalized spacial score (nSPS) is 22.9. The minimum absolute atomic E-state index is 0.0609. The molecule has 2 aliphatic rings. The van der Waals surface area contributed by atoms with Gasteiger partial charge in [-0.2, -0.15) is 10.4 Å². The predicted molar refractivity (Wildman–Crippen MR) is 95.1 cm³/mol. The molecule has 0 radical (unpaired) electrons. The first-order chi connectivity index (χ1) is 12.6. The number of nitrogens with zero attached hydrogens (tertiary/aromatic N) is 6. The summed E-state index contributed by atoms with van der Waals surface area (Å²) in [6, 6.07) is 6.15. The summed E-state index contributed by atoms with van der Waals surface area (Å²) in [7, 11) is 1.87. The number of hydrogen-bond donors (Lipinski definition) is 0. The SMILES string of the molecule is Cn1cc(-c2cnc3ccc(N4CC[C@@](C#N)(C5CC5)C4=O)n3c2)cn1. The fraction of sp³-hybridized carbons (Fsp3) is 0.368. The number of rotatable bonds is 3. The Morgan fingerprint density at radius 1 is 1.23 bits per heavy atom. The van der Waals surface area contributed by atoms with Crippen molar-refractivity contribution < 1.29 is 4.79 Å². The lowest BCUT2D eigenvalue weighted by Gasteiger charge is -2.20. The van der Waals surface area contributed by atoms with Gasteiger partial charge in [-0.05, 0) is 37.3 Å². The van der Waals surface area contributed by atoms with Crippen LogP contribution in [0.2, 0.25) is 0 Å². The van der Waals surface area contributed by atoms with Crippen LogP contribution >= 0.6 is 0 Å².